The predicted octanol–water partition coefficient (Wildman–Crippen LogP) is 3.59. The highest BCUT2D eigenvalue weighted by molar-refractivity contribution is 6.17. The lowest BCUT2D eigenvalue weighted by molar-refractivity contribution is 0.435. The van der Waals surface area contributed by atoms with E-state index in [0.717, 1.165) is 18.7 Å². The number of hydrogen-bond donors (Lipinski definition) is 2. The lowest BCUT2D eigenvalue weighted by atomic mass is 10.0. The topological polar surface area (TPSA) is 38.0 Å². The van der Waals surface area contributed by atoms with Gasteiger partial charge in [-0.3, -0.25) is 11.3 Å². The van der Waals surface area contributed by atoms with E-state index in [2.05, 4.69) is 12.3 Å². The molecule has 1 atom stereocenters. The fraction of sp³-hybridized carbons (Fsp3) is 1.00. The first-order valence-corrected chi connectivity index (χ1v) is 6.90. The van der Waals surface area contributed by atoms with Gasteiger partial charge in [0, 0.05) is 11.9 Å². The van der Waals surface area contributed by atoms with Gasteiger partial charge < -0.3 is 0 Å². The molecule has 0 radical (unpaired) electrons. The van der Waals surface area contributed by atoms with Gasteiger partial charge in [0.15, 0.2) is 0 Å². The van der Waals surface area contributed by atoms with E-state index in [1.165, 1.54) is 44.9 Å². The van der Waals surface area contributed by atoms with E-state index in [-0.39, 0.29) is 0 Å². The van der Waals surface area contributed by atoms with Crippen LogP contribution in [0.5, 0.6) is 0 Å². The first kappa shape index (κ1) is 15.2. The molecule has 0 aliphatic heterocycles. The van der Waals surface area contributed by atoms with Crippen LogP contribution in [0.15, 0.2) is 0 Å². The lowest BCUT2D eigenvalue weighted by Crippen LogP contribution is -2.35. The second-order valence-electron chi connectivity index (χ2n) is 4.25. The van der Waals surface area contributed by atoms with Gasteiger partial charge in [-0.05, 0) is 19.3 Å². The summed E-state index contributed by atoms with van der Waals surface area (Å²) in [5.74, 6) is 6.23. The summed E-state index contributed by atoms with van der Waals surface area (Å²) in [4.78, 5) is 0. The Morgan fingerprint density at radius 1 is 1.00 bits per heavy atom. The van der Waals surface area contributed by atoms with E-state index in [1.807, 2.05) is 0 Å². The summed E-state index contributed by atoms with van der Waals surface area (Å²) in [5.41, 5.74) is 2.88. The monoisotopic (exact) mass is 234 g/mol. The van der Waals surface area contributed by atoms with Gasteiger partial charge in [-0.25, -0.2) is 0 Å². The summed E-state index contributed by atoms with van der Waals surface area (Å²) in [6.07, 6.45) is 11.5. The largest absolute Gasteiger partial charge is 0.271 e. The van der Waals surface area contributed by atoms with Crippen molar-refractivity contribution in [2.24, 2.45) is 5.84 Å². The van der Waals surface area contributed by atoms with Crippen LogP contribution in [-0.4, -0.2) is 11.9 Å². The Labute approximate surface area is 99.9 Å². The number of hydrazine groups is 1. The fourth-order valence-electron chi connectivity index (χ4n) is 1.81. The molecular formula is C12H27ClN2. The first-order chi connectivity index (χ1) is 7.35. The molecule has 0 aromatic rings. The number of nitrogens with one attached hydrogen (secondary N) is 1. The molecule has 0 rings (SSSR count). The molecule has 0 saturated carbocycles. The summed E-state index contributed by atoms with van der Waals surface area (Å²) in [6, 6.07) is 0.468. The van der Waals surface area contributed by atoms with Crippen molar-refractivity contribution in [3.8, 4) is 0 Å². The van der Waals surface area contributed by atoms with E-state index in [4.69, 9.17) is 17.4 Å². The molecule has 1 unspecified atom stereocenters. The smallest absolute Gasteiger partial charge is 0.0224 e. The molecule has 0 aromatic carbocycles. The highest BCUT2D eigenvalue weighted by atomic mass is 35.5. The maximum Gasteiger partial charge on any atom is 0.0224 e. The Bertz CT molecular complexity index is 120. The summed E-state index contributed by atoms with van der Waals surface area (Å²) >= 11 is 5.65. The summed E-state index contributed by atoms with van der Waals surface area (Å²) < 4.78 is 0. The zero-order valence-corrected chi connectivity index (χ0v) is 10.9. The highest BCUT2D eigenvalue weighted by Crippen LogP contribution is 2.11. The molecule has 0 bridgehead atoms. The normalized spacial score (nSPS) is 13.0. The molecule has 0 saturated heterocycles. The minimum absolute atomic E-state index is 0.468. The van der Waals surface area contributed by atoms with Gasteiger partial charge in [-0.2, -0.15) is 0 Å². The van der Waals surface area contributed by atoms with Crippen LogP contribution < -0.4 is 11.3 Å². The van der Waals surface area contributed by atoms with Crippen molar-refractivity contribution in [2.75, 3.05) is 5.88 Å². The van der Waals surface area contributed by atoms with Crippen molar-refractivity contribution in [2.45, 2.75) is 70.8 Å². The lowest BCUT2D eigenvalue weighted by Gasteiger charge is -2.14. The van der Waals surface area contributed by atoms with Crippen LogP contribution in [0.25, 0.3) is 0 Å². The quantitative estimate of drug-likeness (QED) is 0.248. The fourth-order valence-corrected chi connectivity index (χ4v) is 1.96. The third-order valence-electron chi connectivity index (χ3n) is 2.83. The number of halogens is 1. The molecule has 15 heavy (non-hydrogen) atoms. The molecule has 0 spiro atoms. The van der Waals surface area contributed by atoms with Crippen LogP contribution in [0, 0.1) is 0 Å². The second-order valence-corrected chi connectivity index (χ2v) is 4.63. The molecule has 0 amide bonds. The van der Waals surface area contributed by atoms with Crippen LogP contribution in [0.1, 0.15) is 64.7 Å². The molecule has 0 heterocycles. The van der Waals surface area contributed by atoms with Crippen LogP contribution in [-0.2, 0) is 0 Å². The van der Waals surface area contributed by atoms with E-state index in [1.54, 1.807) is 0 Å². The van der Waals surface area contributed by atoms with E-state index >= 15 is 0 Å². The number of rotatable bonds is 11. The van der Waals surface area contributed by atoms with Crippen molar-refractivity contribution in [3.63, 3.8) is 0 Å². The van der Waals surface area contributed by atoms with Gasteiger partial charge in [-0.15, -0.1) is 11.6 Å². The van der Waals surface area contributed by atoms with Crippen molar-refractivity contribution in [3.05, 3.63) is 0 Å². The zero-order chi connectivity index (χ0) is 11.4. The summed E-state index contributed by atoms with van der Waals surface area (Å²) in [6.45, 7) is 2.25. The minimum Gasteiger partial charge on any atom is -0.271 e. The van der Waals surface area contributed by atoms with Gasteiger partial charge in [-0.1, -0.05) is 45.4 Å². The molecule has 0 aliphatic rings. The molecule has 2 nitrogen and oxygen atoms in total. The Balaban J connectivity index is 3.22. The van der Waals surface area contributed by atoms with Crippen molar-refractivity contribution in [1.82, 2.24) is 5.43 Å². The second kappa shape index (κ2) is 12.3. The molecule has 0 fully saturated rings. The minimum atomic E-state index is 0.468. The molecule has 3 heteroatoms. The maximum atomic E-state index is 5.65. The van der Waals surface area contributed by atoms with Gasteiger partial charge in [0.1, 0.15) is 0 Å². The van der Waals surface area contributed by atoms with Crippen LogP contribution in [0.3, 0.4) is 0 Å². The van der Waals surface area contributed by atoms with E-state index in [0.29, 0.717) is 6.04 Å². The zero-order valence-electron chi connectivity index (χ0n) is 10.1. The first-order valence-electron chi connectivity index (χ1n) is 6.37. The Kier molecular flexibility index (Phi) is 12.5. The molecule has 3 N–H and O–H groups in total. The van der Waals surface area contributed by atoms with Crippen LogP contribution in [0.4, 0.5) is 0 Å². The number of unbranched alkanes of at least 4 members (excludes halogenated alkanes) is 5. The van der Waals surface area contributed by atoms with Gasteiger partial charge >= 0.3 is 0 Å². The van der Waals surface area contributed by atoms with E-state index < -0.39 is 0 Å². The Morgan fingerprint density at radius 2 is 1.60 bits per heavy atom. The molecule has 0 aromatic heterocycles. The number of hydrogen-bond acceptors (Lipinski definition) is 2. The SMILES string of the molecule is CCCCCCCCC(CCCCl)NN. The van der Waals surface area contributed by atoms with Crippen molar-refractivity contribution in [1.29, 1.82) is 0 Å². The van der Waals surface area contributed by atoms with Crippen molar-refractivity contribution < 1.29 is 0 Å². The van der Waals surface area contributed by atoms with Crippen LogP contribution in [0.2, 0.25) is 0 Å². The third-order valence-corrected chi connectivity index (χ3v) is 3.10. The molecule has 92 valence electrons. The summed E-state index contributed by atoms with van der Waals surface area (Å²) in [5, 5.41) is 0. The average molecular weight is 235 g/mol. The van der Waals surface area contributed by atoms with Crippen LogP contribution >= 0.6 is 11.6 Å². The van der Waals surface area contributed by atoms with Crippen molar-refractivity contribution >= 4 is 11.6 Å². The highest BCUT2D eigenvalue weighted by Gasteiger charge is 2.04. The standard InChI is InChI=1S/C12H27ClN2/c1-2-3-4-5-6-7-9-12(15-14)10-8-11-13/h12,15H,2-11,14H2,1H3. The third kappa shape index (κ3) is 10.5. The van der Waals surface area contributed by atoms with Gasteiger partial charge in [0.25, 0.3) is 0 Å². The van der Waals surface area contributed by atoms with Gasteiger partial charge in [0.05, 0.1) is 0 Å². The Hall–Kier alpha value is 0.210. The van der Waals surface area contributed by atoms with Gasteiger partial charge in [0.2, 0.25) is 0 Å². The molecule has 0 aliphatic carbocycles. The molecular weight excluding hydrogens is 208 g/mol. The summed E-state index contributed by atoms with van der Waals surface area (Å²) in [7, 11) is 0. The number of nitrogens with two attached hydrogens (primary N) is 1. The maximum absolute atomic E-state index is 5.65. The average Bonchev–Trinajstić information content (AvgIpc) is 2.27. The number of alkyl halides is 1. The van der Waals surface area contributed by atoms with E-state index in [9.17, 15) is 0 Å². The Morgan fingerprint density at radius 3 is 2.20 bits per heavy atom. The predicted molar refractivity (Wildman–Crippen MR) is 69.1 cm³/mol.